The summed E-state index contributed by atoms with van der Waals surface area (Å²) < 4.78 is 4.86. The molecule has 0 atom stereocenters. The first kappa shape index (κ1) is 11.8. The molecule has 1 aromatic rings. The summed E-state index contributed by atoms with van der Waals surface area (Å²) in [4.78, 5) is 21.8. The molecule has 0 radical (unpaired) electrons. The van der Waals surface area contributed by atoms with Crippen molar-refractivity contribution >= 4 is 11.9 Å². The summed E-state index contributed by atoms with van der Waals surface area (Å²) in [5.41, 5.74) is 0.390. The smallest absolute Gasteiger partial charge is 0.341 e. The van der Waals surface area contributed by atoms with Crippen LogP contribution in [0.1, 0.15) is 17.3 Å². The van der Waals surface area contributed by atoms with Gasteiger partial charge in [-0.3, -0.25) is 0 Å². The van der Waals surface area contributed by atoms with Crippen molar-refractivity contribution in [2.24, 2.45) is 0 Å². The Hall–Kier alpha value is -1.69. The third kappa shape index (κ3) is 2.52. The lowest BCUT2D eigenvalue weighted by Crippen LogP contribution is -2.57. The Balaban J connectivity index is 1.97. The SMILES string of the molecule is CCOC(=O)c1cnc(N2CC(NC)C2)nc1. The molecule has 0 aliphatic carbocycles. The highest BCUT2D eigenvalue weighted by Gasteiger charge is 2.27. The minimum absolute atomic E-state index is 0.358. The van der Waals surface area contributed by atoms with E-state index in [1.165, 1.54) is 12.4 Å². The maximum Gasteiger partial charge on any atom is 0.341 e. The Kier molecular flexibility index (Phi) is 3.53. The highest BCUT2D eigenvalue weighted by molar-refractivity contribution is 5.88. The molecule has 0 unspecified atom stereocenters. The van der Waals surface area contributed by atoms with Gasteiger partial charge in [-0.25, -0.2) is 14.8 Å². The summed E-state index contributed by atoms with van der Waals surface area (Å²) in [5, 5.41) is 3.18. The first-order chi connectivity index (χ1) is 8.24. The van der Waals surface area contributed by atoms with Crippen LogP contribution in [0.3, 0.4) is 0 Å². The Morgan fingerprint density at radius 1 is 1.53 bits per heavy atom. The number of hydrogen-bond acceptors (Lipinski definition) is 6. The summed E-state index contributed by atoms with van der Waals surface area (Å²) in [6.45, 7) is 3.92. The monoisotopic (exact) mass is 236 g/mol. The molecule has 2 rings (SSSR count). The number of nitrogens with one attached hydrogen (secondary N) is 1. The number of anilines is 1. The molecular formula is C11H16N4O2. The third-order valence-corrected chi connectivity index (χ3v) is 2.72. The molecule has 1 aliphatic heterocycles. The molecule has 1 N–H and O–H groups in total. The van der Waals surface area contributed by atoms with E-state index in [9.17, 15) is 4.79 Å². The molecule has 1 aromatic heterocycles. The summed E-state index contributed by atoms with van der Waals surface area (Å²) in [5.74, 6) is 0.278. The van der Waals surface area contributed by atoms with Crippen LogP contribution in [0, 0.1) is 0 Å². The van der Waals surface area contributed by atoms with Crippen LogP contribution in [0.15, 0.2) is 12.4 Å². The molecule has 17 heavy (non-hydrogen) atoms. The molecular weight excluding hydrogens is 220 g/mol. The molecule has 92 valence electrons. The molecule has 0 amide bonds. The van der Waals surface area contributed by atoms with Crippen LogP contribution in [0.25, 0.3) is 0 Å². The van der Waals surface area contributed by atoms with E-state index in [1.807, 2.05) is 7.05 Å². The standard InChI is InChI=1S/C11H16N4O2/c1-3-17-10(16)8-4-13-11(14-5-8)15-6-9(7-15)12-2/h4-5,9,12H,3,6-7H2,1-2H3. The first-order valence-corrected chi connectivity index (χ1v) is 5.66. The van der Waals surface area contributed by atoms with Crippen molar-refractivity contribution in [1.29, 1.82) is 0 Å². The van der Waals surface area contributed by atoms with Crippen LogP contribution < -0.4 is 10.2 Å². The van der Waals surface area contributed by atoms with Gasteiger partial charge in [0.15, 0.2) is 0 Å². The van der Waals surface area contributed by atoms with Gasteiger partial charge in [0, 0.05) is 31.5 Å². The first-order valence-electron chi connectivity index (χ1n) is 5.66. The molecule has 0 bridgehead atoms. The fourth-order valence-electron chi connectivity index (χ4n) is 1.63. The Bertz CT molecular complexity index is 387. The van der Waals surface area contributed by atoms with Crippen molar-refractivity contribution in [3.63, 3.8) is 0 Å². The number of carbonyl (C=O) groups excluding carboxylic acids is 1. The van der Waals surface area contributed by atoms with Crippen LogP contribution in [0.5, 0.6) is 0 Å². The van der Waals surface area contributed by atoms with Crippen molar-refractivity contribution in [1.82, 2.24) is 15.3 Å². The fourth-order valence-corrected chi connectivity index (χ4v) is 1.63. The summed E-state index contributed by atoms with van der Waals surface area (Å²) in [6.07, 6.45) is 3.01. The van der Waals surface area contributed by atoms with Gasteiger partial charge in [-0.2, -0.15) is 0 Å². The Labute approximate surface area is 100 Å². The van der Waals surface area contributed by atoms with Crippen molar-refractivity contribution in [3.8, 4) is 0 Å². The van der Waals surface area contributed by atoms with Gasteiger partial charge in [0.1, 0.15) is 0 Å². The van der Waals surface area contributed by atoms with Gasteiger partial charge >= 0.3 is 5.97 Å². The van der Waals surface area contributed by atoms with Crippen molar-refractivity contribution in [2.75, 3.05) is 31.6 Å². The Morgan fingerprint density at radius 3 is 2.71 bits per heavy atom. The van der Waals surface area contributed by atoms with Crippen LogP contribution in [-0.4, -0.2) is 48.7 Å². The van der Waals surface area contributed by atoms with Gasteiger partial charge in [-0.05, 0) is 14.0 Å². The maximum absolute atomic E-state index is 11.4. The number of rotatable bonds is 4. The predicted octanol–water partition coefficient (Wildman–Crippen LogP) is 0.0613. The van der Waals surface area contributed by atoms with Crippen molar-refractivity contribution < 1.29 is 9.53 Å². The van der Waals surface area contributed by atoms with E-state index >= 15 is 0 Å². The molecule has 6 heteroatoms. The molecule has 6 nitrogen and oxygen atoms in total. The summed E-state index contributed by atoms with van der Waals surface area (Å²) in [6, 6.07) is 0.503. The van der Waals surface area contributed by atoms with Crippen LogP contribution in [0.4, 0.5) is 5.95 Å². The number of ether oxygens (including phenoxy) is 1. The van der Waals surface area contributed by atoms with Crippen molar-refractivity contribution in [3.05, 3.63) is 18.0 Å². The van der Waals surface area contributed by atoms with E-state index in [0.29, 0.717) is 24.2 Å². The lowest BCUT2D eigenvalue weighted by Gasteiger charge is -2.38. The fraction of sp³-hybridized carbons (Fsp3) is 0.545. The minimum Gasteiger partial charge on any atom is -0.462 e. The topological polar surface area (TPSA) is 67.3 Å². The number of carbonyl (C=O) groups is 1. The Morgan fingerprint density at radius 2 is 2.18 bits per heavy atom. The van der Waals surface area contributed by atoms with Gasteiger partial charge in [0.25, 0.3) is 0 Å². The second-order valence-corrected chi connectivity index (χ2v) is 3.88. The van der Waals surface area contributed by atoms with Gasteiger partial charge in [-0.1, -0.05) is 0 Å². The quantitative estimate of drug-likeness (QED) is 0.746. The second kappa shape index (κ2) is 5.09. The second-order valence-electron chi connectivity index (χ2n) is 3.88. The van der Waals surface area contributed by atoms with E-state index < -0.39 is 0 Å². The van der Waals surface area contributed by atoms with Gasteiger partial charge in [0.05, 0.1) is 12.2 Å². The molecule has 0 saturated carbocycles. The zero-order valence-corrected chi connectivity index (χ0v) is 10.0. The summed E-state index contributed by atoms with van der Waals surface area (Å²) in [7, 11) is 1.94. The van der Waals surface area contributed by atoms with Crippen LogP contribution in [0.2, 0.25) is 0 Å². The molecule has 2 heterocycles. The molecule has 0 spiro atoms. The van der Waals surface area contributed by atoms with E-state index in [2.05, 4.69) is 20.2 Å². The normalized spacial score (nSPS) is 15.5. The van der Waals surface area contributed by atoms with Crippen LogP contribution >= 0.6 is 0 Å². The van der Waals surface area contributed by atoms with E-state index in [-0.39, 0.29) is 5.97 Å². The molecule has 1 fully saturated rings. The van der Waals surface area contributed by atoms with E-state index in [1.54, 1.807) is 6.92 Å². The zero-order chi connectivity index (χ0) is 12.3. The largest absolute Gasteiger partial charge is 0.462 e. The number of aromatic nitrogens is 2. The van der Waals surface area contributed by atoms with Gasteiger partial charge < -0.3 is 15.0 Å². The lowest BCUT2D eigenvalue weighted by atomic mass is 10.1. The highest BCUT2D eigenvalue weighted by Crippen LogP contribution is 2.15. The van der Waals surface area contributed by atoms with E-state index in [0.717, 1.165) is 13.1 Å². The maximum atomic E-state index is 11.4. The van der Waals surface area contributed by atoms with Crippen molar-refractivity contribution in [2.45, 2.75) is 13.0 Å². The number of hydrogen-bond donors (Lipinski definition) is 1. The third-order valence-electron chi connectivity index (χ3n) is 2.72. The molecule has 1 saturated heterocycles. The van der Waals surface area contributed by atoms with Gasteiger partial charge in [0.2, 0.25) is 5.95 Å². The van der Waals surface area contributed by atoms with Gasteiger partial charge in [-0.15, -0.1) is 0 Å². The van der Waals surface area contributed by atoms with E-state index in [4.69, 9.17) is 4.74 Å². The average molecular weight is 236 g/mol. The number of nitrogens with zero attached hydrogens (tertiary/aromatic N) is 3. The highest BCUT2D eigenvalue weighted by atomic mass is 16.5. The van der Waals surface area contributed by atoms with Crippen LogP contribution in [-0.2, 0) is 4.74 Å². The zero-order valence-electron chi connectivity index (χ0n) is 10.0. The molecule has 0 aromatic carbocycles. The molecule has 1 aliphatic rings. The number of likely N-dealkylation sites (N-methyl/N-ethyl adjacent to an activating group) is 1. The lowest BCUT2D eigenvalue weighted by molar-refractivity contribution is 0.0525. The minimum atomic E-state index is -0.379. The number of esters is 1. The average Bonchev–Trinajstić information content (AvgIpc) is 2.29. The predicted molar refractivity (Wildman–Crippen MR) is 63.0 cm³/mol. The summed E-state index contributed by atoms with van der Waals surface area (Å²) >= 11 is 0.